The van der Waals surface area contributed by atoms with Gasteiger partial charge in [0.15, 0.2) is 0 Å². The van der Waals surface area contributed by atoms with Gasteiger partial charge in [-0.25, -0.2) is 0 Å². The first-order valence-electron chi connectivity index (χ1n) is 11.4. The number of hydrogen-bond acceptors (Lipinski definition) is 2. The molecule has 2 saturated heterocycles. The van der Waals surface area contributed by atoms with Gasteiger partial charge in [0.25, 0.3) is 0 Å². The molecular formula is C26H34N2O. The van der Waals surface area contributed by atoms with Crippen LogP contribution in [0.3, 0.4) is 0 Å². The van der Waals surface area contributed by atoms with Gasteiger partial charge in [-0.05, 0) is 74.2 Å². The van der Waals surface area contributed by atoms with Crippen molar-refractivity contribution in [3.05, 3.63) is 71.3 Å². The van der Waals surface area contributed by atoms with E-state index >= 15 is 0 Å². The lowest BCUT2D eigenvalue weighted by atomic mass is 9.89. The standard InChI is InChI=1S/C26H34N2O/c29-26(28-16-4-5-17-28)13-12-22-8-10-23(11-9-22)20-24-14-18-27(19-15-24)21-25-6-2-1-3-7-25/h1-3,6-11,24H,4-5,12-21H2. The highest BCUT2D eigenvalue weighted by Gasteiger charge is 2.20. The van der Waals surface area contributed by atoms with Gasteiger partial charge < -0.3 is 4.90 Å². The molecule has 2 aliphatic rings. The van der Waals surface area contributed by atoms with Crippen LogP contribution < -0.4 is 0 Å². The Hall–Kier alpha value is -2.13. The van der Waals surface area contributed by atoms with E-state index in [4.69, 9.17) is 0 Å². The Bertz CT molecular complexity index is 757. The predicted molar refractivity (Wildman–Crippen MR) is 119 cm³/mol. The number of rotatable bonds is 7. The van der Waals surface area contributed by atoms with Crippen molar-refractivity contribution in [3.63, 3.8) is 0 Å². The normalized spacial score (nSPS) is 18.3. The van der Waals surface area contributed by atoms with Crippen LogP contribution in [-0.4, -0.2) is 41.9 Å². The molecule has 29 heavy (non-hydrogen) atoms. The fourth-order valence-electron chi connectivity index (χ4n) is 4.74. The molecule has 0 aliphatic carbocycles. The number of benzene rings is 2. The SMILES string of the molecule is O=C(CCc1ccc(CC2CCN(Cc3ccccc3)CC2)cc1)N1CCCC1. The third-order valence-corrected chi connectivity index (χ3v) is 6.59. The van der Waals surface area contributed by atoms with Crippen LogP contribution in [-0.2, 0) is 24.2 Å². The Morgan fingerprint density at radius 2 is 1.45 bits per heavy atom. The van der Waals surface area contributed by atoms with E-state index in [-0.39, 0.29) is 0 Å². The van der Waals surface area contributed by atoms with Gasteiger partial charge in [0.2, 0.25) is 5.91 Å². The molecule has 154 valence electrons. The van der Waals surface area contributed by atoms with Gasteiger partial charge in [0, 0.05) is 26.1 Å². The summed E-state index contributed by atoms with van der Waals surface area (Å²) in [5, 5.41) is 0. The van der Waals surface area contributed by atoms with E-state index in [0.29, 0.717) is 12.3 Å². The van der Waals surface area contributed by atoms with E-state index in [1.807, 2.05) is 4.90 Å². The van der Waals surface area contributed by atoms with Gasteiger partial charge in [0.1, 0.15) is 0 Å². The fourth-order valence-corrected chi connectivity index (χ4v) is 4.74. The number of aryl methyl sites for hydroxylation is 1. The average Bonchev–Trinajstić information content (AvgIpc) is 3.30. The summed E-state index contributed by atoms with van der Waals surface area (Å²) < 4.78 is 0. The van der Waals surface area contributed by atoms with Gasteiger partial charge in [-0.15, -0.1) is 0 Å². The second kappa shape index (κ2) is 10.1. The van der Waals surface area contributed by atoms with Crippen LogP contribution in [0.1, 0.15) is 48.8 Å². The Morgan fingerprint density at radius 1 is 0.793 bits per heavy atom. The van der Waals surface area contributed by atoms with Gasteiger partial charge in [-0.3, -0.25) is 9.69 Å². The van der Waals surface area contributed by atoms with Crippen molar-refractivity contribution in [1.82, 2.24) is 9.80 Å². The topological polar surface area (TPSA) is 23.6 Å². The lowest BCUT2D eigenvalue weighted by Crippen LogP contribution is -2.33. The third-order valence-electron chi connectivity index (χ3n) is 6.59. The molecule has 4 rings (SSSR count). The van der Waals surface area contributed by atoms with Crippen LogP contribution in [0.2, 0.25) is 0 Å². The Balaban J connectivity index is 1.19. The molecule has 2 aromatic carbocycles. The minimum Gasteiger partial charge on any atom is -0.343 e. The first-order chi connectivity index (χ1) is 14.3. The molecule has 3 heteroatoms. The monoisotopic (exact) mass is 390 g/mol. The minimum atomic E-state index is 0.328. The maximum atomic E-state index is 12.2. The van der Waals surface area contributed by atoms with E-state index in [1.54, 1.807) is 0 Å². The van der Waals surface area contributed by atoms with Crippen LogP contribution in [0.4, 0.5) is 0 Å². The van der Waals surface area contributed by atoms with Crippen LogP contribution in [0.15, 0.2) is 54.6 Å². The molecule has 1 amide bonds. The van der Waals surface area contributed by atoms with Gasteiger partial charge in [-0.2, -0.15) is 0 Å². The van der Waals surface area contributed by atoms with E-state index in [0.717, 1.165) is 32.0 Å². The third kappa shape index (κ3) is 5.93. The largest absolute Gasteiger partial charge is 0.343 e. The van der Waals surface area contributed by atoms with Crippen molar-refractivity contribution in [2.24, 2.45) is 5.92 Å². The number of hydrogen-bond donors (Lipinski definition) is 0. The quantitative estimate of drug-likeness (QED) is 0.684. The molecule has 0 N–H and O–H groups in total. The summed E-state index contributed by atoms with van der Waals surface area (Å²) >= 11 is 0. The maximum Gasteiger partial charge on any atom is 0.222 e. The van der Waals surface area contributed by atoms with E-state index in [1.165, 1.54) is 61.9 Å². The maximum absolute atomic E-state index is 12.2. The minimum absolute atomic E-state index is 0.328. The molecule has 0 bridgehead atoms. The van der Waals surface area contributed by atoms with Crippen molar-refractivity contribution < 1.29 is 4.79 Å². The molecule has 0 radical (unpaired) electrons. The summed E-state index contributed by atoms with van der Waals surface area (Å²) in [7, 11) is 0. The summed E-state index contributed by atoms with van der Waals surface area (Å²) in [6.45, 7) is 5.41. The zero-order valence-electron chi connectivity index (χ0n) is 17.6. The smallest absolute Gasteiger partial charge is 0.222 e. The number of amides is 1. The number of carbonyl (C=O) groups is 1. The summed E-state index contributed by atoms with van der Waals surface area (Å²) in [6, 6.07) is 19.8. The van der Waals surface area contributed by atoms with Gasteiger partial charge in [0.05, 0.1) is 0 Å². The van der Waals surface area contributed by atoms with Crippen LogP contribution >= 0.6 is 0 Å². The van der Waals surface area contributed by atoms with E-state index in [9.17, 15) is 4.79 Å². The number of likely N-dealkylation sites (tertiary alicyclic amines) is 2. The molecule has 0 unspecified atom stereocenters. The Labute approximate surface area is 175 Å². The number of piperidine rings is 1. The first kappa shape index (κ1) is 20.2. The van der Waals surface area contributed by atoms with Crippen molar-refractivity contribution in [1.29, 1.82) is 0 Å². The molecule has 0 atom stereocenters. The lowest BCUT2D eigenvalue weighted by Gasteiger charge is -2.32. The second-order valence-electron chi connectivity index (χ2n) is 8.81. The number of carbonyl (C=O) groups excluding carboxylic acids is 1. The average molecular weight is 391 g/mol. The predicted octanol–water partition coefficient (Wildman–Crippen LogP) is 4.70. The molecule has 2 fully saturated rings. The molecule has 3 nitrogen and oxygen atoms in total. The second-order valence-corrected chi connectivity index (χ2v) is 8.81. The lowest BCUT2D eigenvalue weighted by molar-refractivity contribution is -0.130. The van der Waals surface area contributed by atoms with Crippen LogP contribution in [0.5, 0.6) is 0 Å². The molecule has 0 spiro atoms. The van der Waals surface area contributed by atoms with Gasteiger partial charge >= 0.3 is 0 Å². The summed E-state index contributed by atoms with van der Waals surface area (Å²) in [4.78, 5) is 16.8. The van der Waals surface area contributed by atoms with Crippen LogP contribution in [0.25, 0.3) is 0 Å². The van der Waals surface area contributed by atoms with Crippen molar-refractivity contribution in [2.75, 3.05) is 26.2 Å². The molecule has 0 aromatic heterocycles. The Morgan fingerprint density at radius 3 is 2.14 bits per heavy atom. The van der Waals surface area contributed by atoms with E-state index in [2.05, 4.69) is 59.5 Å². The van der Waals surface area contributed by atoms with Crippen molar-refractivity contribution >= 4 is 5.91 Å². The molecule has 2 heterocycles. The zero-order chi connectivity index (χ0) is 19.9. The zero-order valence-corrected chi connectivity index (χ0v) is 17.6. The molecule has 0 saturated carbocycles. The summed E-state index contributed by atoms with van der Waals surface area (Å²) in [5.41, 5.74) is 4.16. The summed E-state index contributed by atoms with van der Waals surface area (Å²) in [5.74, 6) is 1.12. The van der Waals surface area contributed by atoms with Crippen molar-refractivity contribution in [2.45, 2.75) is 51.5 Å². The van der Waals surface area contributed by atoms with Crippen molar-refractivity contribution in [3.8, 4) is 0 Å². The number of nitrogens with zero attached hydrogens (tertiary/aromatic N) is 2. The highest BCUT2D eigenvalue weighted by atomic mass is 16.2. The Kier molecular flexibility index (Phi) is 7.00. The summed E-state index contributed by atoms with van der Waals surface area (Å²) in [6.07, 6.45) is 7.63. The molecule has 2 aliphatic heterocycles. The van der Waals surface area contributed by atoms with Gasteiger partial charge in [-0.1, -0.05) is 54.6 Å². The first-order valence-corrected chi connectivity index (χ1v) is 11.4. The van der Waals surface area contributed by atoms with E-state index < -0.39 is 0 Å². The van der Waals surface area contributed by atoms with Crippen LogP contribution in [0, 0.1) is 5.92 Å². The molecular weight excluding hydrogens is 356 g/mol. The highest BCUT2D eigenvalue weighted by Crippen LogP contribution is 2.23. The molecule has 2 aromatic rings. The fraction of sp³-hybridized carbons (Fsp3) is 0.500. The highest BCUT2D eigenvalue weighted by molar-refractivity contribution is 5.76.